The number of nitrogens with zero attached hydrogens (tertiary/aromatic N) is 3. The molecule has 2 aliphatic rings. The highest BCUT2D eigenvalue weighted by Gasteiger charge is 2.29. The lowest BCUT2D eigenvalue weighted by atomic mass is 10.00. The smallest absolute Gasteiger partial charge is 0.430 e. The molecule has 48 heavy (non-hydrogen) atoms. The van der Waals surface area contributed by atoms with Crippen LogP contribution < -0.4 is 15.7 Å². The Kier molecular flexibility index (Phi) is 12.7. The van der Waals surface area contributed by atoms with Crippen LogP contribution in [-0.4, -0.2) is 97.8 Å². The molecule has 0 bridgehead atoms. The van der Waals surface area contributed by atoms with Crippen LogP contribution in [-0.2, 0) is 24.4 Å². The number of amides is 1. The number of aliphatic carboxylic acids is 1. The average molecular weight is 672 g/mol. The molecule has 0 radical (unpaired) electrons. The fourth-order valence-corrected chi connectivity index (χ4v) is 5.97. The Labute approximate surface area is 279 Å². The van der Waals surface area contributed by atoms with Crippen molar-refractivity contribution in [3.05, 3.63) is 94.8 Å². The number of likely N-dealkylation sites (N-methyl/N-ethyl adjacent to an activating group) is 1. The summed E-state index contributed by atoms with van der Waals surface area (Å²) in [5.74, 6) is -3.37. The molecule has 260 valence electrons. The number of alkyl halides is 3. The van der Waals surface area contributed by atoms with E-state index in [-0.39, 0.29) is 11.7 Å². The third-order valence-electron chi connectivity index (χ3n) is 9.08. The monoisotopic (exact) mass is 671 g/mol. The number of carbonyl (C=O) groups is 2. The van der Waals surface area contributed by atoms with Crippen LogP contribution in [0.4, 0.5) is 17.6 Å². The zero-order valence-corrected chi connectivity index (χ0v) is 27.8. The predicted molar refractivity (Wildman–Crippen MR) is 175 cm³/mol. The maximum Gasteiger partial charge on any atom is 0.430 e. The van der Waals surface area contributed by atoms with E-state index in [0.29, 0.717) is 23.7 Å². The van der Waals surface area contributed by atoms with E-state index in [1.807, 2.05) is 36.4 Å². The number of hydrogen-bond acceptors (Lipinski definition) is 6. The third-order valence-corrected chi connectivity index (χ3v) is 9.08. The number of rotatable bonds is 9. The molecule has 2 N–H and O–H groups in total. The quantitative estimate of drug-likeness (QED) is 0.266. The fourth-order valence-electron chi connectivity index (χ4n) is 5.97. The minimum Gasteiger partial charge on any atom is -0.542 e. The van der Waals surface area contributed by atoms with Crippen molar-refractivity contribution in [3.8, 4) is 11.1 Å². The second-order valence-corrected chi connectivity index (χ2v) is 12.9. The van der Waals surface area contributed by atoms with E-state index in [1.165, 1.54) is 18.2 Å². The van der Waals surface area contributed by atoms with Crippen molar-refractivity contribution >= 4 is 11.9 Å². The van der Waals surface area contributed by atoms with Crippen LogP contribution in [0.1, 0.15) is 40.9 Å². The summed E-state index contributed by atoms with van der Waals surface area (Å²) < 4.78 is 47.6. The highest BCUT2D eigenvalue weighted by molar-refractivity contribution is 5.94. The number of carboxylic acids is 1. The van der Waals surface area contributed by atoms with Crippen molar-refractivity contribution in [1.29, 1.82) is 0 Å². The zero-order chi connectivity index (χ0) is 34.9. The van der Waals surface area contributed by atoms with Gasteiger partial charge in [-0.25, -0.2) is 4.39 Å². The highest BCUT2D eigenvalue weighted by Crippen LogP contribution is 2.26. The summed E-state index contributed by atoms with van der Waals surface area (Å²) in [7, 11) is 2.33. The maximum absolute atomic E-state index is 14.9. The normalized spacial score (nSPS) is 18.4. The highest BCUT2D eigenvalue weighted by atomic mass is 19.4. The molecule has 2 saturated heterocycles. The molecule has 2 heterocycles. The van der Waals surface area contributed by atoms with E-state index in [9.17, 15) is 22.4 Å². The molecule has 0 aromatic heterocycles. The maximum atomic E-state index is 14.9. The molecule has 0 saturated carbocycles. The van der Waals surface area contributed by atoms with Gasteiger partial charge in [0.15, 0.2) is 0 Å². The van der Waals surface area contributed by atoms with Crippen LogP contribution in [0.25, 0.3) is 11.1 Å². The number of benzene rings is 3. The number of halogens is 4. The summed E-state index contributed by atoms with van der Waals surface area (Å²) in [6.07, 6.45) is -5.19. The SMILES string of the molecule is CC[N+]1(C)CCN(Cc2cccc(C(=O)NCc3ccc(F)c(-c4cccc(CN5CCN[C@@H](C)C5)c4)c3)c2)CC1.O=C([O-])C(F)(F)F. The van der Waals surface area contributed by atoms with Crippen molar-refractivity contribution in [2.45, 2.75) is 45.7 Å². The first-order valence-electron chi connectivity index (χ1n) is 16.3. The number of nitrogens with one attached hydrogen (secondary N) is 2. The predicted octanol–water partition coefficient (Wildman–Crippen LogP) is 3.80. The summed E-state index contributed by atoms with van der Waals surface area (Å²) in [4.78, 5) is 26.8. The Bertz CT molecular complexity index is 1540. The van der Waals surface area contributed by atoms with Crippen molar-refractivity contribution in [1.82, 2.24) is 20.4 Å². The van der Waals surface area contributed by atoms with Crippen LogP contribution in [0.15, 0.2) is 66.7 Å². The molecule has 8 nitrogen and oxygen atoms in total. The molecule has 1 amide bonds. The van der Waals surface area contributed by atoms with E-state index >= 15 is 0 Å². The van der Waals surface area contributed by atoms with Crippen LogP contribution in [0, 0.1) is 5.82 Å². The number of carboxylic acid groups (broad SMARTS) is 1. The third kappa shape index (κ3) is 10.8. The Morgan fingerprint density at radius 1 is 0.938 bits per heavy atom. The summed E-state index contributed by atoms with van der Waals surface area (Å²) in [6.45, 7) is 15.2. The molecule has 3 aromatic rings. The molecular weight excluding hydrogens is 626 g/mol. The Hall–Kier alpha value is -3.84. The van der Waals surface area contributed by atoms with Gasteiger partial charge in [0.25, 0.3) is 5.91 Å². The molecule has 3 aromatic carbocycles. The van der Waals surface area contributed by atoms with Crippen LogP contribution >= 0.6 is 0 Å². The van der Waals surface area contributed by atoms with Crippen LogP contribution in [0.3, 0.4) is 0 Å². The molecular formula is C36H45F4N5O3. The minimum atomic E-state index is -5.19. The molecule has 1 atom stereocenters. The van der Waals surface area contributed by atoms with E-state index in [0.717, 1.165) is 80.1 Å². The van der Waals surface area contributed by atoms with Gasteiger partial charge in [0.2, 0.25) is 0 Å². The first kappa shape index (κ1) is 37.0. The molecule has 0 spiro atoms. The summed E-state index contributed by atoms with van der Waals surface area (Å²) in [5.41, 5.74) is 5.29. The van der Waals surface area contributed by atoms with Gasteiger partial charge in [0.05, 0.1) is 26.7 Å². The van der Waals surface area contributed by atoms with Crippen LogP contribution in [0.2, 0.25) is 0 Å². The summed E-state index contributed by atoms with van der Waals surface area (Å²) in [5, 5.41) is 15.3. The van der Waals surface area contributed by atoms with Gasteiger partial charge >= 0.3 is 6.18 Å². The van der Waals surface area contributed by atoms with Gasteiger partial charge in [-0.1, -0.05) is 36.4 Å². The van der Waals surface area contributed by atoms with Gasteiger partial charge in [-0.05, 0) is 66.4 Å². The van der Waals surface area contributed by atoms with E-state index in [2.05, 4.69) is 59.5 Å². The van der Waals surface area contributed by atoms with Gasteiger partial charge < -0.3 is 25.0 Å². The number of hydrogen-bond donors (Lipinski definition) is 2. The number of quaternary nitrogens is 1. The van der Waals surface area contributed by atoms with E-state index in [1.54, 1.807) is 6.07 Å². The zero-order valence-electron chi connectivity index (χ0n) is 27.8. The van der Waals surface area contributed by atoms with Crippen molar-refractivity contribution in [3.63, 3.8) is 0 Å². The molecule has 0 unspecified atom stereocenters. The summed E-state index contributed by atoms with van der Waals surface area (Å²) >= 11 is 0. The molecule has 0 aliphatic carbocycles. The Balaban J connectivity index is 0.000000671. The molecule has 5 rings (SSSR count). The largest absolute Gasteiger partial charge is 0.542 e. The summed E-state index contributed by atoms with van der Waals surface area (Å²) in [6, 6.07) is 21.7. The van der Waals surface area contributed by atoms with Crippen molar-refractivity contribution in [2.24, 2.45) is 0 Å². The minimum absolute atomic E-state index is 0.112. The topological polar surface area (TPSA) is 87.7 Å². The second-order valence-electron chi connectivity index (χ2n) is 12.9. The van der Waals surface area contributed by atoms with Gasteiger partial charge in [0.1, 0.15) is 11.8 Å². The fraction of sp³-hybridized carbons (Fsp3) is 0.444. The molecule has 2 aliphatic heterocycles. The van der Waals surface area contributed by atoms with Gasteiger partial charge in [-0.2, -0.15) is 13.2 Å². The van der Waals surface area contributed by atoms with Crippen molar-refractivity contribution in [2.75, 3.05) is 59.4 Å². The van der Waals surface area contributed by atoms with E-state index < -0.39 is 12.1 Å². The number of carbonyl (C=O) groups excluding carboxylic acids is 2. The lowest BCUT2D eigenvalue weighted by Crippen LogP contribution is -2.56. The Morgan fingerprint density at radius 2 is 1.58 bits per heavy atom. The second kappa shape index (κ2) is 16.5. The standard InChI is InChI=1S/C34H44FN5O.C2HF3O2/c1-4-40(3)17-15-38(16-18-40)24-29-8-6-10-31(20-29)34(41)37-22-27-11-12-33(35)32(21-27)30-9-5-7-28(19-30)25-39-14-13-36-26(2)23-39;3-2(4,5)1(6)7/h5-12,19-21,26,36H,4,13-18,22-25H2,1-3H3;(H,6,7)/t26-;/m0./s1. The van der Waals surface area contributed by atoms with E-state index in [4.69, 9.17) is 9.90 Å². The number of piperazine rings is 2. The molecule has 2 fully saturated rings. The lowest BCUT2D eigenvalue weighted by Gasteiger charge is -2.41. The average Bonchev–Trinajstić information content (AvgIpc) is 3.05. The van der Waals surface area contributed by atoms with Gasteiger partial charge in [-0.3, -0.25) is 14.6 Å². The molecule has 12 heteroatoms. The first-order chi connectivity index (χ1) is 22.7. The van der Waals surface area contributed by atoms with Gasteiger partial charge in [0, 0.05) is 69.5 Å². The van der Waals surface area contributed by atoms with Gasteiger partial charge in [-0.15, -0.1) is 0 Å². The first-order valence-corrected chi connectivity index (χ1v) is 16.3. The van der Waals surface area contributed by atoms with Crippen molar-refractivity contribution < 1.29 is 36.7 Å². The lowest BCUT2D eigenvalue weighted by molar-refractivity contribution is -0.912. The van der Waals surface area contributed by atoms with Crippen LogP contribution in [0.5, 0.6) is 0 Å². The Morgan fingerprint density at radius 3 is 2.23 bits per heavy atom.